The molecule has 2 heteroatoms. The first kappa shape index (κ1) is 14.1. The van der Waals surface area contributed by atoms with E-state index in [4.69, 9.17) is 0 Å². The van der Waals surface area contributed by atoms with E-state index < -0.39 is 0 Å². The Bertz CT molecular complexity index is 465. The minimum atomic E-state index is 0.0525. The Labute approximate surface area is 122 Å². The number of benzene rings is 1. The van der Waals surface area contributed by atoms with Crippen molar-refractivity contribution in [2.24, 2.45) is 16.7 Å². The van der Waals surface area contributed by atoms with Crippen LogP contribution in [-0.2, 0) is 0 Å². The van der Waals surface area contributed by atoms with Gasteiger partial charge in [0, 0.05) is 6.04 Å². The summed E-state index contributed by atoms with van der Waals surface area (Å²) in [6.45, 7) is 7.40. The van der Waals surface area contributed by atoms with Crippen LogP contribution in [0.5, 0.6) is 0 Å². The van der Waals surface area contributed by atoms with E-state index in [1.807, 2.05) is 18.2 Å². The maximum absolute atomic E-state index is 9.80. The molecule has 2 nitrogen and oxygen atoms in total. The Kier molecular flexibility index (Phi) is 3.42. The van der Waals surface area contributed by atoms with Crippen molar-refractivity contribution in [3.05, 3.63) is 35.9 Å². The number of nitrogens with one attached hydrogen (secondary N) is 1. The second-order valence-corrected chi connectivity index (χ2v) is 7.66. The van der Waals surface area contributed by atoms with Crippen LogP contribution in [0, 0.1) is 16.7 Å². The molecule has 0 radical (unpaired) electrons. The van der Waals surface area contributed by atoms with Crippen molar-refractivity contribution in [1.29, 1.82) is 0 Å². The van der Waals surface area contributed by atoms with Crippen LogP contribution in [0.25, 0.3) is 0 Å². The molecule has 1 unspecified atom stereocenters. The molecule has 2 saturated carbocycles. The number of rotatable bonds is 4. The maximum atomic E-state index is 9.80. The van der Waals surface area contributed by atoms with Crippen molar-refractivity contribution in [3.63, 3.8) is 0 Å². The molecule has 20 heavy (non-hydrogen) atoms. The van der Waals surface area contributed by atoms with Crippen molar-refractivity contribution < 1.29 is 5.11 Å². The smallest absolute Gasteiger partial charge is 0.0626 e. The summed E-state index contributed by atoms with van der Waals surface area (Å²) in [5, 5.41) is 13.6. The Hall–Kier alpha value is -0.860. The molecule has 0 aromatic heterocycles. The molecule has 110 valence electrons. The van der Waals surface area contributed by atoms with Gasteiger partial charge < -0.3 is 10.4 Å². The third-order valence-corrected chi connectivity index (χ3v) is 6.02. The Morgan fingerprint density at radius 2 is 1.95 bits per heavy atom. The first-order chi connectivity index (χ1) is 9.47. The minimum Gasteiger partial charge on any atom is -0.394 e. The Morgan fingerprint density at radius 1 is 1.25 bits per heavy atom. The standard InChI is InChI=1S/C18H27NO/c1-17(2)14-9-10-18(3,11-14)16(17)19-15(12-20)13-7-5-4-6-8-13/h4-8,14-16,19-20H,9-12H2,1-3H3/t14-,15+,16?,18+/m0/s1. The van der Waals surface area contributed by atoms with E-state index in [1.165, 1.54) is 24.8 Å². The van der Waals surface area contributed by atoms with Crippen molar-refractivity contribution in [2.75, 3.05) is 6.61 Å². The fraction of sp³-hybridized carbons (Fsp3) is 0.667. The summed E-state index contributed by atoms with van der Waals surface area (Å²) in [5.41, 5.74) is 1.92. The molecule has 2 fully saturated rings. The van der Waals surface area contributed by atoms with Gasteiger partial charge in [-0.05, 0) is 41.6 Å². The molecule has 0 amide bonds. The Morgan fingerprint density at radius 3 is 2.50 bits per heavy atom. The van der Waals surface area contributed by atoms with Crippen molar-refractivity contribution >= 4 is 0 Å². The van der Waals surface area contributed by atoms with E-state index in [2.05, 4.69) is 38.2 Å². The van der Waals surface area contributed by atoms with Crippen LogP contribution >= 0.6 is 0 Å². The van der Waals surface area contributed by atoms with Crippen molar-refractivity contribution in [2.45, 2.75) is 52.1 Å². The van der Waals surface area contributed by atoms with E-state index in [1.54, 1.807) is 0 Å². The first-order valence-electron chi connectivity index (χ1n) is 7.89. The zero-order chi connectivity index (χ0) is 14.4. The summed E-state index contributed by atoms with van der Waals surface area (Å²) in [4.78, 5) is 0. The fourth-order valence-corrected chi connectivity index (χ4v) is 4.86. The van der Waals surface area contributed by atoms with Gasteiger partial charge in [0.25, 0.3) is 0 Å². The van der Waals surface area contributed by atoms with Gasteiger partial charge in [0.2, 0.25) is 0 Å². The van der Waals surface area contributed by atoms with Gasteiger partial charge in [-0.15, -0.1) is 0 Å². The highest BCUT2D eigenvalue weighted by atomic mass is 16.3. The number of aliphatic hydroxyl groups excluding tert-OH is 1. The van der Waals surface area contributed by atoms with Crippen LogP contribution in [0.15, 0.2) is 30.3 Å². The van der Waals surface area contributed by atoms with Gasteiger partial charge in [-0.1, -0.05) is 51.1 Å². The monoisotopic (exact) mass is 273 g/mol. The predicted molar refractivity (Wildman–Crippen MR) is 82.4 cm³/mol. The lowest BCUT2D eigenvalue weighted by molar-refractivity contribution is 0.0867. The van der Waals surface area contributed by atoms with Gasteiger partial charge in [-0.25, -0.2) is 0 Å². The largest absolute Gasteiger partial charge is 0.394 e. The van der Waals surface area contributed by atoms with Crippen LogP contribution in [0.4, 0.5) is 0 Å². The topological polar surface area (TPSA) is 32.3 Å². The van der Waals surface area contributed by atoms with Crippen molar-refractivity contribution in [1.82, 2.24) is 5.32 Å². The van der Waals surface area contributed by atoms with Crippen molar-refractivity contribution in [3.8, 4) is 0 Å². The second kappa shape index (κ2) is 4.85. The molecule has 2 aliphatic carbocycles. The van der Waals surface area contributed by atoms with Gasteiger partial charge in [0.1, 0.15) is 0 Å². The highest BCUT2D eigenvalue weighted by molar-refractivity contribution is 5.21. The van der Waals surface area contributed by atoms with E-state index in [9.17, 15) is 5.11 Å². The molecule has 1 aromatic rings. The van der Waals surface area contributed by atoms with Crippen LogP contribution in [0.2, 0.25) is 0 Å². The number of hydrogen-bond acceptors (Lipinski definition) is 2. The third-order valence-electron chi connectivity index (χ3n) is 6.02. The fourth-order valence-electron chi connectivity index (χ4n) is 4.86. The van der Waals surface area contributed by atoms with Crippen LogP contribution < -0.4 is 5.32 Å². The molecule has 1 aromatic carbocycles. The van der Waals surface area contributed by atoms with Gasteiger partial charge in [-0.2, -0.15) is 0 Å². The highest BCUT2D eigenvalue weighted by Crippen LogP contribution is 2.62. The summed E-state index contributed by atoms with van der Waals surface area (Å²) in [7, 11) is 0. The quantitative estimate of drug-likeness (QED) is 0.879. The molecule has 0 heterocycles. The minimum absolute atomic E-state index is 0.0525. The molecule has 3 rings (SSSR count). The molecule has 0 aliphatic heterocycles. The third kappa shape index (κ3) is 2.10. The Balaban J connectivity index is 1.83. The molecule has 2 N–H and O–H groups in total. The maximum Gasteiger partial charge on any atom is 0.0626 e. The van der Waals surface area contributed by atoms with E-state index in [0.29, 0.717) is 16.9 Å². The van der Waals surface area contributed by atoms with E-state index in [-0.39, 0.29) is 12.6 Å². The molecular formula is C18H27NO. The molecule has 0 spiro atoms. The first-order valence-corrected chi connectivity index (χ1v) is 7.89. The molecule has 2 bridgehead atoms. The molecule has 0 saturated heterocycles. The van der Waals surface area contributed by atoms with Crippen LogP contribution in [0.3, 0.4) is 0 Å². The van der Waals surface area contributed by atoms with E-state index in [0.717, 1.165) is 5.92 Å². The highest BCUT2D eigenvalue weighted by Gasteiger charge is 2.59. The summed E-state index contributed by atoms with van der Waals surface area (Å²) in [5.74, 6) is 0.833. The lowest BCUT2D eigenvalue weighted by atomic mass is 9.68. The summed E-state index contributed by atoms with van der Waals surface area (Å²) >= 11 is 0. The lowest BCUT2D eigenvalue weighted by Crippen LogP contribution is -2.52. The van der Waals surface area contributed by atoms with Gasteiger partial charge >= 0.3 is 0 Å². The van der Waals surface area contributed by atoms with Crippen LogP contribution in [-0.4, -0.2) is 17.8 Å². The summed E-state index contributed by atoms with van der Waals surface area (Å²) in [6, 6.07) is 10.9. The van der Waals surface area contributed by atoms with Gasteiger partial charge in [0.05, 0.1) is 12.6 Å². The average Bonchev–Trinajstić information content (AvgIpc) is 2.91. The number of hydrogen-bond donors (Lipinski definition) is 2. The zero-order valence-corrected chi connectivity index (χ0v) is 12.9. The lowest BCUT2D eigenvalue weighted by Gasteiger charge is -2.45. The predicted octanol–water partition coefficient (Wildman–Crippen LogP) is 3.52. The SMILES string of the molecule is CC1(C)C(N[C@H](CO)c2ccccc2)[C@]2(C)CC[C@H]1C2. The second-order valence-electron chi connectivity index (χ2n) is 7.66. The average molecular weight is 273 g/mol. The normalized spacial score (nSPS) is 36.2. The summed E-state index contributed by atoms with van der Waals surface area (Å²) < 4.78 is 0. The molecule has 2 aliphatic rings. The van der Waals surface area contributed by atoms with E-state index >= 15 is 0 Å². The summed E-state index contributed by atoms with van der Waals surface area (Å²) in [6.07, 6.45) is 4.03. The number of fused-ring (bicyclic) bond motifs is 2. The van der Waals surface area contributed by atoms with Gasteiger partial charge in [0.15, 0.2) is 0 Å². The zero-order valence-electron chi connectivity index (χ0n) is 12.9. The molecular weight excluding hydrogens is 246 g/mol. The number of aliphatic hydroxyl groups is 1. The van der Waals surface area contributed by atoms with Crippen LogP contribution in [0.1, 0.15) is 51.6 Å². The van der Waals surface area contributed by atoms with Gasteiger partial charge in [-0.3, -0.25) is 0 Å². The molecule has 4 atom stereocenters.